The van der Waals surface area contributed by atoms with E-state index in [0.717, 1.165) is 63.5 Å². The van der Waals surface area contributed by atoms with Gasteiger partial charge in [0.05, 0.1) is 13.2 Å². The van der Waals surface area contributed by atoms with Gasteiger partial charge in [-0.3, -0.25) is 4.90 Å². The number of hydrogen-bond donors (Lipinski definition) is 0. The molecular formula is C25H32N2O2. The molecule has 3 rings (SSSR count). The standard InChI is InChI=1S/C25H32N2O2/c1-26(2)17-15-25(29-24-9-4-3-5-10-24)23-13-11-22(12-14-23)8-6-7-16-27-18-20-28-21-19-27/h3-5,9-14,25H,7,15-21H2,1-2H3. The van der Waals surface area contributed by atoms with Crippen LogP contribution in [-0.4, -0.2) is 63.3 Å². The van der Waals surface area contributed by atoms with E-state index in [1.54, 1.807) is 0 Å². The average molecular weight is 393 g/mol. The number of morpholine rings is 1. The van der Waals surface area contributed by atoms with Crippen molar-refractivity contribution in [2.45, 2.75) is 18.9 Å². The van der Waals surface area contributed by atoms with Crippen LogP contribution in [0.5, 0.6) is 5.75 Å². The summed E-state index contributed by atoms with van der Waals surface area (Å²) in [6, 6.07) is 18.6. The van der Waals surface area contributed by atoms with Crippen molar-refractivity contribution in [3.05, 3.63) is 65.7 Å². The molecule has 4 nitrogen and oxygen atoms in total. The molecule has 0 amide bonds. The van der Waals surface area contributed by atoms with E-state index in [1.165, 1.54) is 5.56 Å². The first-order chi connectivity index (χ1) is 14.2. The molecule has 0 N–H and O–H groups in total. The topological polar surface area (TPSA) is 24.9 Å². The number of benzene rings is 2. The molecule has 0 aromatic heterocycles. The summed E-state index contributed by atoms with van der Waals surface area (Å²) in [5.74, 6) is 7.51. The third-order valence-corrected chi connectivity index (χ3v) is 5.03. The van der Waals surface area contributed by atoms with Crippen LogP contribution < -0.4 is 4.74 Å². The monoisotopic (exact) mass is 392 g/mol. The summed E-state index contributed by atoms with van der Waals surface area (Å²) >= 11 is 0. The highest BCUT2D eigenvalue weighted by atomic mass is 16.5. The molecule has 0 bridgehead atoms. The zero-order valence-corrected chi connectivity index (χ0v) is 17.6. The Hall–Kier alpha value is -2.32. The van der Waals surface area contributed by atoms with Crippen molar-refractivity contribution in [2.75, 3.05) is 53.5 Å². The lowest BCUT2D eigenvalue weighted by Gasteiger charge is -2.25. The Morgan fingerprint density at radius 2 is 1.76 bits per heavy atom. The van der Waals surface area contributed by atoms with Gasteiger partial charge in [0.15, 0.2) is 0 Å². The van der Waals surface area contributed by atoms with E-state index < -0.39 is 0 Å². The molecule has 1 aliphatic heterocycles. The van der Waals surface area contributed by atoms with Crippen LogP contribution in [0.3, 0.4) is 0 Å². The molecular weight excluding hydrogens is 360 g/mol. The van der Waals surface area contributed by atoms with Gasteiger partial charge in [-0.1, -0.05) is 42.2 Å². The number of hydrogen-bond acceptors (Lipinski definition) is 4. The smallest absolute Gasteiger partial charge is 0.125 e. The van der Waals surface area contributed by atoms with E-state index in [0.29, 0.717) is 0 Å². The van der Waals surface area contributed by atoms with Gasteiger partial charge in [-0.2, -0.15) is 0 Å². The molecule has 0 spiro atoms. The molecule has 154 valence electrons. The first-order valence-electron chi connectivity index (χ1n) is 10.5. The van der Waals surface area contributed by atoms with Crippen LogP contribution in [0.1, 0.15) is 30.1 Å². The molecule has 1 fully saturated rings. The Morgan fingerprint density at radius 3 is 2.45 bits per heavy atom. The van der Waals surface area contributed by atoms with E-state index in [2.05, 4.69) is 60.0 Å². The van der Waals surface area contributed by atoms with Gasteiger partial charge < -0.3 is 14.4 Å². The highest BCUT2D eigenvalue weighted by Crippen LogP contribution is 2.25. The third kappa shape index (κ3) is 7.55. The van der Waals surface area contributed by atoms with Gasteiger partial charge in [0.2, 0.25) is 0 Å². The van der Waals surface area contributed by atoms with Crippen molar-refractivity contribution in [1.82, 2.24) is 9.80 Å². The number of rotatable bonds is 8. The summed E-state index contributed by atoms with van der Waals surface area (Å²) in [6.07, 6.45) is 1.86. The van der Waals surface area contributed by atoms with Crippen molar-refractivity contribution in [1.29, 1.82) is 0 Å². The van der Waals surface area contributed by atoms with Crippen molar-refractivity contribution in [3.63, 3.8) is 0 Å². The van der Waals surface area contributed by atoms with Gasteiger partial charge in [0, 0.05) is 44.6 Å². The fraction of sp³-hybridized carbons (Fsp3) is 0.440. The summed E-state index contributed by atoms with van der Waals surface area (Å²) in [7, 11) is 4.18. The van der Waals surface area contributed by atoms with Gasteiger partial charge in [0.1, 0.15) is 11.9 Å². The Labute approximate surface area is 175 Å². The highest BCUT2D eigenvalue weighted by Gasteiger charge is 2.14. The predicted molar refractivity (Wildman–Crippen MR) is 118 cm³/mol. The minimum Gasteiger partial charge on any atom is -0.486 e. The lowest BCUT2D eigenvalue weighted by atomic mass is 10.0. The molecule has 0 saturated carbocycles. The predicted octanol–water partition coefficient (Wildman–Crippen LogP) is 3.83. The van der Waals surface area contributed by atoms with E-state index in [1.807, 2.05) is 30.3 Å². The average Bonchev–Trinajstić information content (AvgIpc) is 2.76. The highest BCUT2D eigenvalue weighted by molar-refractivity contribution is 5.37. The molecule has 4 heteroatoms. The van der Waals surface area contributed by atoms with E-state index in [4.69, 9.17) is 9.47 Å². The molecule has 0 radical (unpaired) electrons. The fourth-order valence-corrected chi connectivity index (χ4v) is 3.32. The summed E-state index contributed by atoms with van der Waals surface area (Å²) < 4.78 is 11.7. The maximum atomic E-state index is 6.28. The first-order valence-corrected chi connectivity index (χ1v) is 10.5. The third-order valence-electron chi connectivity index (χ3n) is 5.03. The van der Waals surface area contributed by atoms with Crippen LogP contribution in [-0.2, 0) is 4.74 Å². The van der Waals surface area contributed by atoms with Crippen LogP contribution in [0, 0.1) is 11.8 Å². The minimum atomic E-state index is 0.0307. The van der Waals surface area contributed by atoms with Crippen molar-refractivity contribution < 1.29 is 9.47 Å². The first kappa shape index (κ1) is 21.4. The van der Waals surface area contributed by atoms with Crippen molar-refractivity contribution in [3.8, 4) is 17.6 Å². The molecule has 1 saturated heterocycles. The number of nitrogens with zero attached hydrogens (tertiary/aromatic N) is 2. The molecule has 29 heavy (non-hydrogen) atoms. The molecule has 1 unspecified atom stereocenters. The van der Waals surface area contributed by atoms with Crippen molar-refractivity contribution >= 4 is 0 Å². The Morgan fingerprint density at radius 1 is 1.03 bits per heavy atom. The minimum absolute atomic E-state index is 0.0307. The largest absolute Gasteiger partial charge is 0.486 e. The van der Waals surface area contributed by atoms with Gasteiger partial charge in [-0.25, -0.2) is 0 Å². The van der Waals surface area contributed by atoms with Gasteiger partial charge in [-0.05, 0) is 43.9 Å². The van der Waals surface area contributed by atoms with Crippen LogP contribution in [0.2, 0.25) is 0 Å². The summed E-state index contributed by atoms with van der Waals surface area (Å²) in [5.41, 5.74) is 2.25. The summed E-state index contributed by atoms with van der Waals surface area (Å²) in [4.78, 5) is 4.60. The number of para-hydroxylation sites is 1. The van der Waals surface area contributed by atoms with E-state index in [-0.39, 0.29) is 6.10 Å². The quantitative estimate of drug-likeness (QED) is 0.638. The van der Waals surface area contributed by atoms with Crippen LogP contribution in [0.15, 0.2) is 54.6 Å². The molecule has 1 atom stereocenters. The zero-order valence-electron chi connectivity index (χ0n) is 17.6. The fourth-order valence-electron chi connectivity index (χ4n) is 3.32. The zero-order chi connectivity index (χ0) is 20.3. The number of ether oxygens (including phenoxy) is 2. The Bertz CT molecular complexity index is 772. The van der Waals surface area contributed by atoms with Crippen LogP contribution in [0.4, 0.5) is 0 Å². The Kier molecular flexibility index (Phi) is 8.58. The SMILES string of the molecule is CN(C)CCC(Oc1ccccc1)c1ccc(C#CCCN2CCOCC2)cc1. The van der Waals surface area contributed by atoms with Gasteiger partial charge >= 0.3 is 0 Å². The second kappa shape index (κ2) is 11.6. The molecule has 0 aliphatic carbocycles. The van der Waals surface area contributed by atoms with Gasteiger partial charge in [-0.15, -0.1) is 0 Å². The maximum absolute atomic E-state index is 6.28. The molecule has 1 heterocycles. The molecule has 1 aliphatic rings. The van der Waals surface area contributed by atoms with E-state index >= 15 is 0 Å². The van der Waals surface area contributed by atoms with E-state index in [9.17, 15) is 0 Å². The second-order valence-electron chi connectivity index (χ2n) is 7.64. The maximum Gasteiger partial charge on any atom is 0.125 e. The lowest BCUT2D eigenvalue weighted by Crippen LogP contribution is -2.36. The lowest BCUT2D eigenvalue weighted by molar-refractivity contribution is 0.0390. The molecule has 2 aromatic rings. The molecule has 2 aromatic carbocycles. The van der Waals surface area contributed by atoms with Crippen molar-refractivity contribution in [2.24, 2.45) is 0 Å². The normalized spacial score (nSPS) is 15.6. The summed E-state index contributed by atoms with van der Waals surface area (Å²) in [6.45, 7) is 5.72. The second-order valence-corrected chi connectivity index (χ2v) is 7.64. The van der Waals surface area contributed by atoms with Crippen LogP contribution >= 0.6 is 0 Å². The summed E-state index contributed by atoms with van der Waals surface area (Å²) in [5, 5.41) is 0. The Balaban J connectivity index is 1.58. The van der Waals surface area contributed by atoms with Gasteiger partial charge in [0.25, 0.3) is 0 Å². The van der Waals surface area contributed by atoms with Crippen LogP contribution in [0.25, 0.3) is 0 Å².